The summed E-state index contributed by atoms with van der Waals surface area (Å²) < 4.78 is 27.0. The molecular weight excluding hydrogens is 395 g/mol. The zero-order valence-corrected chi connectivity index (χ0v) is 17.8. The molecule has 1 heterocycles. The van der Waals surface area contributed by atoms with Crippen LogP contribution >= 0.6 is 0 Å². The van der Waals surface area contributed by atoms with Gasteiger partial charge in [0.2, 0.25) is 0 Å². The van der Waals surface area contributed by atoms with Crippen LogP contribution in [0.3, 0.4) is 0 Å². The highest BCUT2D eigenvalue weighted by Gasteiger charge is 2.31. The van der Waals surface area contributed by atoms with Gasteiger partial charge in [0, 0.05) is 36.6 Å². The molecule has 1 saturated carbocycles. The number of aliphatic hydroxyl groups excluding tert-OH is 1. The molecule has 0 radical (unpaired) electrons. The van der Waals surface area contributed by atoms with Gasteiger partial charge in [-0.05, 0) is 55.3 Å². The van der Waals surface area contributed by atoms with Gasteiger partial charge in [0.15, 0.2) is 0 Å². The van der Waals surface area contributed by atoms with Crippen LogP contribution in [0.2, 0.25) is 0 Å². The second-order valence-electron chi connectivity index (χ2n) is 8.02. The van der Waals surface area contributed by atoms with Crippen molar-refractivity contribution in [3.8, 4) is 11.5 Å². The molecule has 4 rings (SSSR count). The Labute approximate surface area is 182 Å². The molecule has 1 aliphatic carbocycles. The highest BCUT2D eigenvalue weighted by Crippen LogP contribution is 2.29. The van der Waals surface area contributed by atoms with Crippen LogP contribution in [0.4, 0.5) is 4.39 Å². The van der Waals surface area contributed by atoms with Crippen LogP contribution < -0.4 is 9.47 Å². The van der Waals surface area contributed by atoms with Gasteiger partial charge in [0.05, 0.1) is 13.7 Å². The monoisotopic (exact) mass is 424 g/mol. The number of aromatic nitrogens is 1. The normalized spacial score (nSPS) is 14.6. The Morgan fingerprint density at radius 2 is 1.81 bits per heavy atom. The number of benzene rings is 2. The Balaban J connectivity index is 1.34. The van der Waals surface area contributed by atoms with Gasteiger partial charge in [-0.25, -0.2) is 4.39 Å². The third kappa shape index (κ3) is 5.87. The maximum atomic E-state index is 14.1. The van der Waals surface area contributed by atoms with E-state index in [-0.39, 0.29) is 12.4 Å². The first-order valence-corrected chi connectivity index (χ1v) is 10.7. The molecule has 1 atom stereocenters. The van der Waals surface area contributed by atoms with Gasteiger partial charge in [-0.1, -0.05) is 18.2 Å². The lowest BCUT2D eigenvalue weighted by Crippen LogP contribution is -2.37. The molecule has 1 aliphatic rings. The minimum Gasteiger partial charge on any atom is -0.497 e. The van der Waals surface area contributed by atoms with E-state index in [0.717, 1.165) is 24.3 Å². The van der Waals surface area contributed by atoms with E-state index >= 15 is 0 Å². The van der Waals surface area contributed by atoms with E-state index in [9.17, 15) is 9.50 Å². The molecule has 3 aromatic rings. The average molecular weight is 425 g/mol. The zero-order chi connectivity index (χ0) is 21.6. The molecule has 1 N–H and O–H groups in total. The summed E-state index contributed by atoms with van der Waals surface area (Å²) in [6.45, 7) is 1.97. The number of methoxy groups -OCH3 is 1. The van der Waals surface area contributed by atoms with Gasteiger partial charge < -0.3 is 19.1 Å². The molecule has 1 aromatic heterocycles. The van der Waals surface area contributed by atoms with Crippen LogP contribution in [0, 0.1) is 5.82 Å². The summed E-state index contributed by atoms with van der Waals surface area (Å²) in [7, 11) is 1.62. The smallest absolute Gasteiger partial charge is 0.128 e. The molecule has 6 heteroatoms. The van der Waals surface area contributed by atoms with Crippen molar-refractivity contribution in [2.45, 2.75) is 38.1 Å². The lowest BCUT2D eigenvalue weighted by molar-refractivity contribution is 0.0618. The molecule has 0 spiro atoms. The fraction of sp³-hybridized carbons (Fsp3) is 0.360. The van der Waals surface area contributed by atoms with E-state index in [1.807, 2.05) is 48.7 Å². The van der Waals surface area contributed by atoms with E-state index in [1.165, 1.54) is 6.07 Å². The molecule has 1 fully saturated rings. The predicted molar refractivity (Wildman–Crippen MR) is 118 cm³/mol. The number of nitrogens with zero attached hydrogens (tertiary/aromatic N) is 2. The molecule has 0 aliphatic heterocycles. The first-order chi connectivity index (χ1) is 15.1. The van der Waals surface area contributed by atoms with Crippen molar-refractivity contribution in [3.63, 3.8) is 0 Å². The molecule has 0 saturated heterocycles. The van der Waals surface area contributed by atoms with Gasteiger partial charge in [-0.15, -0.1) is 0 Å². The highest BCUT2D eigenvalue weighted by molar-refractivity contribution is 5.31. The van der Waals surface area contributed by atoms with E-state index in [0.29, 0.717) is 37.0 Å². The van der Waals surface area contributed by atoms with Crippen molar-refractivity contribution in [2.75, 3.05) is 20.3 Å². The quantitative estimate of drug-likeness (QED) is 0.504. The van der Waals surface area contributed by atoms with E-state index in [1.54, 1.807) is 13.2 Å². The van der Waals surface area contributed by atoms with Crippen molar-refractivity contribution in [1.82, 2.24) is 9.47 Å². The van der Waals surface area contributed by atoms with Crippen LogP contribution in [-0.2, 0) is 13.1 Å². The van der Waals surface area contributed by atoms with Crippen LogP contribution in [0.5, 0.6) is 11.5 Å². The number of ether oxygens (including phenoxy) is 2. The summed E-state index contributed by atoms with van der Waals surface area (Å²) >= 11 is 0. The van der Waals surface area contributed by atoms with Crippen LogP contribution in [-0.4, -0.2) is 47.0 Å². The Morgan fingerprint density at radius 1 is 1.06 bits per heavy atom. The first-order valence-electron chi connectivity index (χ1n) is 10.7. The Morgan fingerprint density at radius 3 is 2.52 bits per heavy atom. The zero-order valence-electron chi connectivity index (χ0n) is 17.8. The number of aliphatic hydroxyl groups is 1. The van der Waals surface area contributed by atoms with Gasteiger partial charge in [0.25, 0.3) is 0 Å². The summed E-state index contributed by atoms with van der Waals surface area (Å²) in [5, 5.41) is 10.6. The molecule has 164 valence electrons. The molecule has 0 amide bonds. The largest absolute Gasteiger partial charge is 0.497 e. The SMILES string of the molecule is COc1ccc(OCC(O)CN(Cc2cccn2Cc2ccccc2F)C2CC2)cc1. The maximum absolute atomic E-state index is 14.1. The maximum Gasteiger partial charge on any atom is 0.128 e. The average Bonchev–Trinajstić information content (AvgIpc) is 3.55. The van der Waals surface area contributed by atoms with Gasteiger partial charge in [-0.2, -0.15) is 0 Å². The number of hydrogen-bond acceptors (Lipinski definition) is 4. The second kappa shape index (κ2) is 9.98. The summed E-state index contributed by atoms with van der Waals surface area (Å²) in [5.41, 5.74) is 1.78. The van der Waals surface area contributed by atoms with Gasteiger partial charge in [-0.3, -0.25) is 4.90 Å². The summed E-state index contributed by atoms with van der Waals surface area (Å²) in [6, 6.07) is 18.8. The molecular formula is C25H29FN2O3. The topological polar surface area (TPSA) is 46.9 Å². The van der Waals surface area contributed by atoms with Crippen molar-refractivity contribution in [3.05, 3.63) is 83.9 Å². The minimum atomic E-state index is -0.599. The second-order valence-corrected chi connectivity index (χ2v) is 8.02. The van der Waals surface area contributed by atoms with Crippen LogP contribution in [0.25, 0.3) is 0 Å². The third-order valence-electron chi connectivity index (χ3n) is 5.60. The van der Waals surface area contributed by atoms with Crippen molar-refractivity contribution in [2.24, 2.45) is 0 Å². The minimum absolute atomic E-state index is 0.188. The highest BCUT2D eigenvalue weighted by atomic mass is 19.1. The molecule has 31 heavy (non-hydrogen) atoms. The van der Waals surface area contributed by atoms with Crippen molar-refractivity contribution >= 4 is 0 Å². The lowest BCUT2D eigenvalue weighted by Gasteiger charge is -2.25. The summed E-state index contributed by atoms with van der Waals surface area (Å²) in [6.07, 6.45) is 3.66. The number of halogens is 1. The van der Waals surface area contributed by atoms with Crippen LogP contribution in [0.15, 0.2) is 66.9 Å². The Bertz CT molecular complexity index is 969. The van der Waals surface area contributed by atoms with Crippen LogP contribution in [0.1, 0.15) is 24.1 Å². The third-order valence-corrected chi connectivity index (χ3v) is 5.60. The molecule has 2 aromatic carbocycles. The van der Waals surface area contributed by atoms with Gasteiger partial charge in [0.1, 0.15) is 30.0 Å². The molecule has 5 nitrogen and oxygen atoms in total. The van der Waals surface area contributed by atoms with E-state index in [4.69, 9.17) is 9.47 Å². The Hall–Kier alpha value is -2.83. The molecule has 0 bridgehead atoms. The van der Waals surface area contributed by atoms with E-state index in [2.05, 4.69) is 15.5 Å². The van der Waals surface area contributed by atoms with Gasteiger partial charge >= 0.3 is 0 Å². The fourth-order valence-electron chi connectivity index (χ4n) is 3.74. The first kappa shape index (κ1) is 21.4. The molecule has 1 unspecified atom stereocenters. The van der Waals surface area contributed by atoms with Crippen molar-refractivity contribution < 1.29 is 19.0 Å². The predicted octanol–water partition coefficient (Wildman–Crippen LogP) is 4.09. The summed E-state index contributed by atoms with van der Waals surface area (Å²) in [4.78, 5) is 2.30. The number of rotatable bonds is 11. The Kier molecular flexibility index (Phi) is 6.89. The lowest BCUT2D eigenvalue weighted by atomic mass is 10.2. The van der Waals surface area contributed by atoms with Crippen molar-refractivity contribution in [1.29, 1.82) is 0 Å². The van der Waals surface area contributed by atoms with E-state index < -0.39 is 6.10 Å². The summed E-state index contributed by atoms with van der Waals surface area (Å²) in [5.74, 6) is 1.29. The fourth-order valence-corrected chi connectivity index (χ4v) is 3.74. The standard InChI is InChI=1S/C25H29FN2O3/c1-30-23-10-12-24(13-11-23)31-18-22(29)17-28(20-8-9-20)16-21-6-4-14-27(21)15-19-5-2-3-7-25(19)26/h2-7,10-14,20,22,29H,8-9,15-18H2,1H3. The number of hydrogen-bond donors (Lipinski definition) is 1.